The first-order chi connectivity index (χ1) is 13.8. The summed E-state index contributed by atoms with van der Waals surface area (Å²) in [6.07, 6.45) is 1.44. The Balaban J connectivity index is 1.63. The van der Waals surface area contributed by atoms with Crippen molar-refractivity contribution in [2.24, 2.45) is 5.92 Å². The molecule has 1 aromatic carbocycles. The van der Waals surface area contributed by atoms with Crippen LogP contribution in [-0.4, -0.2) is 36.9 Å². The van der Waals surface area contributed by atoms with Gasteiger partial charge in [0.1, 0.15) is 12.3 Å². The first-order valence-corrected chi connectivity index (χ1v) is 11.8. The summed E-state index contributed by atoms with van der Waals surface area (Å²) in [5.41, 5.74) is 0.744. The highest BCUT2D eigenvalue weighted by molar-refractivity contribution is 7.92. The zero-order chi connectivity index (χ0) is 20.6. The van der Waals surface area contributed by atoms with Crippen LogP contribution in [-0.2, 0) is 14.6 Å². The number of benzene rings is 1. The van der Waals surface area contributed by atoms with Crippen LogP contribution in [0, 0.1) is 5.92 Å². The summed E-state index contributed by atoms with van der Waals surface area (Å²) >= 11 is 1.25. The fraction of sp³-hybridized carbons (Fsp3) is 0.400. The number of thiazole rings is 1. The standard InChI is InChI=1S/C20H20F2N2O3S2/c21-17-10-12(11-18(17)22)9-16(19(25)24-20-23-7-8-28-20)13-1-3-14(4-2-13)29(26,27)15-5-6-15/h1-4,7-9,12,15,17-18H,5-6,10-11H2,(H,23,24,25)/b16-9+/t12-,17+,18-. The molecule has 0 radical (unpaired) electrons. The van der Waals surface area contributed by atoms with Crippen molar-refractivity contribution in [2.75, 3.05) is 5.32 Å². The Labute approximate surface area is 171 Å². The lowest BCUT2D eigenvalue weighted by Crippen LogP contribution is -2.15. The Kier molecular flexibility index (Phi) is 5.52. The number of aromatic nitrogens is 1. The van der Waals surface area contributed by atoms with Gasteiger partial charge < -0.3 is 0 Å². The molecule has 5 nitrogen and oxygen atoms in total. The molecule has 1 N–H and O–H groups in total. The van der Waals surface area contributed by atoms with Crippen molar-refractivity contribution in [3.63, 3.8) is 0 Å². The number of sulfone groups is 1. The molecule has 154 valence electrons. The van der Waals surface area contributed by atoms with Gasteiger partial charge in [0.25, 0.3) is 5.91 Å². The molecule has 2 fully saturated rings. The van der Waals surface area contributed by atoms with Crippen LogP contribution in [0.3, 0.4) is 0 Å². The molecular formula is C20H20F2N2O3S2. The molecule has 0 saturated heterocycles. The van der Waals surface area contributed by atoms with Gasteiger partial charge in [0, 0.05) is 17.2 Å². The fourth-order valence-corrected chi connectivity index (χ4v) is 5.67. The van der Waals surface area contributed by atoms with Crippen LogP contribution >= 0.6 is 11.3 Å². The number of nitrogens with zero attached hydrogens (tertiary/aromatic N) is 1. The molecule has 9 heteroatoms. The van der Waals surface area contributed by atoms with Crippen LogP contribution in [0.2, 0.25) is 0 Å². The lowest BCUT2D eigenvalue weighted by Gasteiger charge is -2.12. The second-order valence-electron chi connectivity index (χ2n) is 7.40. The number of allylic oxidation sites excluding steroid dienone is 1. The maximum atomic E-state index is 13.6. The molecule has 29 heavy (non-hydrogen) atoms. The topological polar surface area (TPSA) is 76.1 Å². The molecular weight excluding hydrogens is 418 g/mol. The number of hydrogen-bond donors (Lipinski definition) is 1. The van der Waals surface area contributed by atoms with Gasteiger partial charge in [-0.1, -0.05) is 18.2 Å². The first kappa shape index (κ1) is 20.2. The quantitative estimate of drug-likeness (QED) is 0.687. The second kappa shape index (κ2) is 7.95. The lowest BCUT2D eigenvalue weighted by atomic mass is 9.98. The van der Waals surface area contributed by atoms with E-state index in [1.807, 2.05) is 0 Å². The molecule has 4 rings (SSSR count). The molecule has 1 heterocycles. The maximum absolute atomic E-state index is 13.6. The van der Waals surface area contributed by atoms with Crippen molar-refractivity contribution < 1.29 is 22.0 Å². The summed E-state index contributed by atoms with van der Waals surface area (Å²) in [5.74, 6) is -0.859. The molecule has 0 bridgehead atoms. The third kappa shape index (κ3) is 4.40. The van der Waals surface area contributed by atoms with Gasteiger partial charge in [0.2, 0.25) is 0 Å². The van der Waals surface area contributed by atoms with E-state index >= 15 is 0 Å². The summed E-state index contributed by atoms with van der Waals surface area (Å²) in [5, 5.41) is 4.49. The molecule has 1 amide bonds. The Morgan fingerprint density at radius 1 is 1.14 bits per heavy atom. The second-order valence-corrected chi connectivity index (χ2v) is 10.5. The minimum absolute atomic E-state index is 0.0172. The third-order valence-corrected chi connectivity index (χ3v) is 8.17. The van der Waals surface area contributed by atoms with E-state index < -0.39 is 34.0 Å². The average molecular weight is 439 g/mol. The number of hydrogen-bond acceptors (Lipinski definition) is 5. The summed E-state index contributed by atoms with van der Waals surface area (Å²) in [4.78, 5) is 17.1. The number of anilines is 1. The normalized spacial score (nSPS) is 25.2. The van der Waals surface area contributed by atoms with E-state index in [9.17, 15) is 22.0 Å². The minimum Gasteiger partial charge on any atom is -0.298 e. The Morgan fingerprint density at radius 3 is 2.34 bits per heavy atom. The zero-order valence-corrected chi connectivity index (χ0v) is 17.1. The van der Waals surface area contributed by atoms with E-state index in [1.165, 1.54) is 23.5 Å². The molecule has 0 unspecified atom stereocenters. The van der Waals surface area contributed by atoms with E-state index in [-0.39, 0.29) is 28.6 Å². The summed E-state index contributed by atoms with van der Waals surface area (Å²) in [6.45, 7) is 0. The van der Waals surface area contributed by atoms with Gasteiger partial charge in [-0.05, 0) is 49.3 Å². The van der Waals surface area contributed by atoms with Crippen LogP contribution in [0.15, 0.2) is 46.8 Å². The van der Waals surface area contributed by atoms with Crippen molar-refractivity contribution in [3.05, 3.63) is 47.5 Å². The number of amides is 1. The number of carbonyl (C=O) groups excluding carboxylic acids is 1. The van der Waals surface area contributed by atoms with Gasteiger partial charge in [0.15, 0.2) is 15.0 Å². The van der Waals surface area contributed by atoms with Gasteiger partial charge in [-0.15, -0.1) is 11.3 Å². The van der Waals surface area contributed by atoms with Crippen LogP contribution in [0.1, 0.15) is 31.2 Å². The molecule has 0 spiro atoms. The maximum Gasteiger partial charge on any atom is 0.257 e. The molecule has 2 saturated carbocycles. The Morgan fingerprint density at radius 2 is 1.79 bits per heavy atom. The van der Waals surface area contributed by atoms with E-state index in [2.05, 4.69) is 10.3 Å². The number of rotatable bonds is 6. The van der Waals surface area contributed by atoms with Crippen LogP contribution in [0.4, 0.5) is 13.9 Å². The van der Waals surface area contributed by atoms with E-state index in [4.69, 9.17) is 0 Å². The molecule has 2 aliphatic carbocycles. The third-order valence-electron chi connectivity index (χ3n) is 5.21. The smallest absolute Gasteiger partial charge is 0.257 e. The van der Waals surface area contributed by atoms with Crippen molar-refractivity contribution in [3.8, 4) is 0 Å². The monoisotopic (exact) mass is 438 g/mol. The van der Waals surface area contributed by atoms with E-state index in [0.717, 1.165) is 0 Å². The number of nitrogens with one attached hydrogen (secondary N) is 1. The van der Waals surface area contributed by atoms with E-state index in [1.54, 1.807) is 29.8 Å². The van der Waals surface area contributed by atoms with E-state index in [0.29, 0.717) is 23.5 Å². The Hall–Kier alpha value is -2.13. The summed E-state index contributed by atoms with van der Waals surface area (Å²) in [6, 6.07) is 6.10. The molecule has 3 atom stereocenters. The predicted octanol–water partition coefficient (Wildman–Crippen LogP) is 4.19. The largest absolute Gasteiger partial charge is 0.298 e. The van der Waals surface area contributed by atoms with Gasteiger partial charge in [-0.2, -0.15) is 0 Å². The molecule has 0 aliphatic heterocycles. The van der Waals surface area contributed by atoms with Crippen LogP contribution < -0.4 is 5.32 Å². The SMILES string of the molecule is O=C(Nc1nccs1)/C(=C/[C@H]1C[C@@H](F)[C@@H](F)C1)c1ccc(S(=O)(=O)C2CC2)cc1. The highest BCUT2D eigenvalue weighted by Crippen LogP contribution is 2.36. The van der Waals surface area contributed by atoms with Gasteiger partial charge >= 0.3 is 0 Å². The zero-order valence-electron chi connectivity index (χ0n) is 15.4. The van der Waals surface area contributed by atoms with Crippen molar-refractivity contribution >= 4 is 37.8 Å². The molecule has 2 aromatic rings. The van der Waals surface area contributed by atoms with Crippen LogP contribution in [0.5, 0.6) is 0 Å². The number of alkyl halides is 2. The molecule has 1 aromatic heterocycles. The number of halogens is 2. The van der Waals surface area contributed by atoms with Crippen molar-refractivity contribution in [2.45, 2.75) is 48.2 Å². The van der Waals surface area contributed by atoms with Crippen LogP contribution in [0.25, 0.3) is 5.57 Å². The lowest BCUT2D eigenvalue weighted by molar-refractivity contribution is -0.111. The van der Waals surface area contributed by atoms with Gasteiger partial charge in [-0.25, -0.2) is 22.2 Å². The van der Waals surface area contributed by atoms with Gasteiger partial charge in [-0.3, -0.25) is 10.1 Å². The Bertz CT molecular complexity index is 1010. The highest BCUT2D eigenvalue weighted by atomic mass is 32.2. The fourth-order valence-electron chi connectivity index (χ4n) is 3.49. The predicted molar refractivity (Wildman–Crippen MR) is 108 cm³/mol. The highest BCUT2D eigenvalue weighted by Gasteiger charge is 2.37. The average Bonchev–Trinajstić information content (AvgIpc) is 3.36. The summed E-state index contributed by atoms with van der Waals surface area (Å²) < 4.78 is 52.0. The van der Waals surface area contributed by atoms with Gasteiger partial charge in [0.05, 0.1) is 10.1 Å². The summed E-state index contributed by atoms with van der Waals surface area (Å²) in [7, 11) is -3.33. The van der Waals surface area contributed by atoms with Crippen molar-refractivity contribution in [1.82, 2.24) is 4.98 Å². The molecule has 2 aliphatic rings. The minimum atomic E-state index is -3.33. The van der Waals surface area contributed by atoms with Crippen molar-refractivity contribution in [1.29, 1.82) is 0 Å². The first-order valence-electron chi connectivity index (χ1n) is 9.39. The number of carbonyl (C=O) groups is 1.